The number of carbonyl (C=O) groups is 3. The first kappa shape index (κ1) is 31.2. The Labute approximate surface area is 265 Å². The van der Waals surface area contributed by atoms with Crippen LogP contribution in [0.25, 0.3) is 5.76 Å². The Morgan fingerprint density at radius 2 is 1.76 bits per heavy atom. The molecule has 2 heterocycles. The number of aliphatic hydroxyl groups is 1. The van der Waals surface area contributed by atoms with Crippen LogP contribution in [0.1, 0.15) is 52.3 Å². The molecule has 1 saturated heterocycles. The molecule has 10 heteroatoms. The smallest absolute Gasteiger partial charge is 0.350 e. The lowest BCUT2D eigenvalue weighted by molar-refractivity contribution is -0.132. The van der Waals surface area contributed by atoms with E-state index in [2.05, 4.69) is 18.5 Å². The highest BCUT2D eigenvalue weighted by Crippen LogP contribution is 2.45. The molecule has 45 heavy (non-hydrogen) atoms. The lowest BCUT2D eigenvalue weighted by Gasteiger charge is -2.23. The second-order valence-corrected chi connectivity index (χ2v) is 11.2. The largest absolute Gasteiger partial charge is 0.507 e. The minimum absolute atomic E-state index is 0.00541. The van der Waals surface area contributed by atoms with Crippen molar-refractivity contribution in [2.75, 3.05) is 18.1 Å². The van der Waals surface area contributed by atoms with Gasteiger partial charge in [-0.05, 0) is 55.3 Å². The fourth-order valence-electron chi connectivity index (χ4n) is 4.82. The average molecular weight is 625 g/mol. The number of esters is 1. The number of Topliss-reactive ketones (excluding diaryl/α,β-unsaturated/α-hetero) is 1. The molecule has 1 unspecified atom stereocenters. The quantitative estimate of drug-likeness (QED) is 0.0433. The minimum atomic E-state index is -1.09. The number of para-hydroxylation sites is 1. The molecule has 0 bridgehead atoms. The fourth-order valence-corrected chi connectivity index (χ4v) is 5.80. The topological polar surface area (TPSA) is 115 Å². The maximum atomic E-state index is 13.7. The number of aryl methyl sites for hydroxylation is 1. The maximum absolute atomic E-state index is 13.7. The Balaban J connectivity index is 1.62. The molecule has 1 aliphatic rings. The molecule has 1 fully saturated rings. The molecule has 1 amide bonds. The van der Waals surface area contributed by atoms with Crippen LogP contribution in [0.3, 0.4) is 0 Å². The lowest BCUT2D eigenvalue weighted by atomic mass is 9.95. The molecule has 5 rings (SSSR count). The summed E-state index contributed by atoms with van der Waals surface area (Å²) in [4.78, 5) is 46.0. The number of rotatable bonds is 12. The van der Waals surface area contributed by atoms with Gasteiger partial charge in [-0.3, -0.25) is 14.5 Å². The van der Waals surface area contributed by atoms with Crippen molar-refractivity contribution in [1.29, 1.82) is 0 Å². The summed E-state index contributed by atoms with van der Waals surface area (Å²) >= 11 is 0.927. The Morgan fingerprint density at radius 1 is 1.02 bits per heavy atom. The second-order valence-electron chi connectivity index (χ2n) is 10.2. The van der Waals surface area contributed by atoms with E-state index in [4.69, 9.17) is 14.2 Å². The third-order valence-electron chi connectivity index (χ3n) is 6.98. The van der Waals surface area contributed by atoms with Gasteiger partial charge in [-0.15, -0.1) is 0 Å². The van der Waals surface area contributed by atoms with Crippen LogP contribution in [0.4, 0.5) is 5.13 Å². The number of hydrogen-bond acceptors (Lipinski definition) is 9. The third kappa shape index (κ3) is 6.81. The third-order valence-corrected chi connectivity index (χ3v) is 8.12. The lowest BCUT2D eigenvalue weighted by Crippen LogP contribution is -2.29. The van der Waals surface area contributed by atoms with Crippen molar-refractivity contribution in [1.82, 2.24) is 4.98 Å². The Morgan fingerprint density at radius 3 is 2.51 bits per heavy atom. The van der Waals surface area contributed by atoms with Gasteiger partial charge in [0.25, 0.3) is 5.78 Å². The molecule has 3 aromatic carbocycles. The number of benzene rings is 3. The molecule has 0 saturated carbocycles. The predicted octanol–water partition coefficient (Wildman–Crippen LogP) is 7.39. The van der Waals surface area contributed by atoms with Crippen LogP contribution in [-0.2, 0) is 14.3 Å². The summed E-state index contributed by atoms with van der Waals surface area (Å²) in [6, 6.07) is 21.8. The number of amides is 1. The van der Waals surface area contributed by atoms with Gasteiger partial charge >= 0.3 is 11.9 Å². The van der Waals surface area contributed by atoms with E-state index in [1.54, 1.807) is 67.6 Å². The van der Waals surface area contributed by atoms with Crippen molar-refractivity contribution >= 4 is 39.9 Å². The monoisotopic (exact) mass is 624 g/mol. The number of aliphatic hydroxyl groups excluding tert-OH is 1. The maximum Gasteiger partial charge on any atom is 0.350 e. The highest BCUT2D eigenvalue weighted by atomic mass is 32.1. The van der Waals surface area contributed by atoms with Gasteiger partial charge in [0.05, 0.1) is 23.9 Å². The van der Waals surface area contributed by atoms with Gasteiger partial charge in [-0.1, -0.05) is 79.8 Å². The zero-order valence-electron chi connectivity index (χ0n) is 24.9. The zero-order valence-corrected chi connectivity index (χ0v) is 25.7. The van der Waals surface area contributed by atoms with Crippen molar-refractivity contribution in [3.63, 3.8) is 0 Å². The summed E-state index contributed by atoms with van der Waals surface area (Å²) in [6.07, 6.45) is 3.27. The number of anilines is 1. The number of unbranched alkanes of at least 4 members (excludes halogenated alkanes) is 1. The van der Waals surface area contributed by atoms with Crippen molar-refractivity contribution < 1.29 is 33.7 Å². The van der Waals surface area contributed by atoms with E-state index in [1.807, 2.05) is 18.2 Å². The standard InChI is InChI=1S/C35H32N2O7S/c1-4-6-19-42-26-16-11-13-24(21-26)30(38)28-29(23-12-10-17-27(20-23)44-25-14-8-7-9-15-25)37(33(40)31(28)39)35-36-22(3)32(45-35)34(41)43-18-5-2/h5,7-17,20-21,29,38H,2,4,6,18-19H2,1,3H3. The fraction of sp³-hybridized carbons (Fsp3) is 0.200. The van der Waals surface area contributed by atoms with Crippen LogP contribution in [0.2, 0.25) is 0 Å². The molecule has 9 nitrogen and oxygen atoms in total. The highest BCUT2D eigenvalue weighted by molar-refractivity contribution is 7.17. The molecule has 230 valence electrons. The van der Waals surface area contributed by atoms with Crippen molar-refractivity contribution in [2.24, 2.45) is 0 Å². The van der Waals surface area contributed by atoms with E-state index in [9.17, 15) is 19.5 Å². The van der Waals surface area contributed by atoms with E-state index >= 15 is 0 Å². The molecule has 4 aromatic rings. The Kier molecular flexibility index (Phi) is 9.74. The first-order valence-corrected chi connectivity index (χ1v) is 15.3. The number of aromatic nitrogens is 1. The van der Waals surface area contributed by atoms with Crippen molar-refractivity contribution in [3.05, 3.63) is 119 Å². The summed E-state index contributed by atoms with van der Waals surface area (Å²) in [5.74, 6) is -1.20. The molecule has 0 aliphatic carbocycles. The summed E-state index contributed by atoms with van der Waals surface area (Å²) in [5, 5.41) is 11.7. The highest BCUT2D eigenvalue weighted by Gasteiger charge is 2.48. The second kappa shape index (κ2) is 14.0. The van der Waals surface area contributed by atoms with E-state index in [-0.39, 0.29) is 27.9 Å². The van der Waals surface area contributed by atoms with Crippen LogP contribution >= 0.6 is 11.3 Å². The summed E-state index contributed by atoms with van der Waals surface area (Å²) in [7, 11) is 0. The molecule has 0 spiro atoms. The van der Waals surface area contributed by atoms with Crippen LogP contribution in [0.15, 0.2) is 97.1 Å². The van der Waals surface area contributed by atoms with Crippen molar-refractivity contribution in [2.45, 2.75) is 32.7 Å². The Hall–Kier alpha value is -5.22. The first-order chi connectivity index (χ1) is 21.8. The molecule has 0 radical (unpaired) electrons. The molecule has 1 N–H and O–H groups in total. The van der Waals surface area contributed by atoms with Gasteiger partial charge < -0.3 is 19.3 Å². The molecular weight excluding hydrogens is 592 g/mol. The molecule has 1 aliphatic heterocycles. The van der Waals surface area contributed by atoms with Crippen LogP contribution in [-0.4, -0.2) is 41.0 Å². The van der Waals surface area contributed by atoms with E-state index in [1.165, 1.54) is 11.0 Å². The van der Waals surface area contributed by atoms with Gasteiger partial charge in [0.2, 0.25) is 0 Å². The van der Waals surface area contributed by atoms with E-state index in [0.717, 1.165) is 24.2 Å². The van der Waals surface area contributed by atoms with Gasteiger partial charge in [-0.2, -0.15) is 0 Å². The number of thiazole rings is 1. The molecule has 1 atom stereocenters. The number of nitrogens with zero attached hydrogens (tertiary/aromatic N) is 2. The molecular formula is C35H32N2O7S. The number of hydrogen-bond donors (Lipinski definition) is 1. The number of carbonyl (C=O) groups excluding carboxylic acids is 3. The predicted molar refractivity (Wildman–Crippen MR) is 172 cm³/mol. The summed E-state index contributed by atoms with van der Waals surface area (Å²) in [6.45, 7) is 7.74. The van der Waals surface area contributed by atoms with Crippen LogP contribution in [0, 0.1) is 6.92 Å². The normalized spacial score (nSPS) is 15.6. The van der Waals surface area contributed by atoms with Gasteiger partial charge in [0.1, 0.15) is 34.5 Å². The van der Waals surface area contributed by atoms with Gasteiger partial charge in [0.15, 0.2) is 5.13 Å². The average Bonchev–Trinajstić information content (AvgIpc) is 3.56. The summed E-state index contributed by atoms with van der Waals surface area (Å²) < 4.78 is 17.1. The van der Waals surface area contributed by atoms with Gasteiger partial charge in [0, 0.05) is 5.56 Å². The Bertz CT molecular complexity index is 1760. The van der Waals surface area contributed by atoms with Gasteiger partial charge in [-0.25, -0.2) is 9.78 Å². The van der Waals surface area contributed by atoms with E-state index in [0.29, 0.717) is 40.7 Å². The van der Waals surface area contributed by atoms with E-state index < -0.39 is 23.7 Å². The van der Waals surface area contributed by atoms with Crippen LogP contribution in [0.5, 0.6) is 17.2 Å². The number of ketones is 1. The minimum Gasteiger partial charge on any atom is -0.507 e. The first-order valence-electron chi connectivity index (χ1n) is 14.4. The zero-order chi connectivity index (χ0) is 31.9. The number of ether oxygens (including phenoxy) is 3. The van der Waals surface area contributed by atoms with Crippen molar-refractivity contribution in [3.8, 4) is 17.2 Å². The summed E-state index contributed by atoms with van der Waals surface area (Å²) in [5.41, 5.74) is 1.00. The molecule has 1 aromatic heterocycles. The van der Waals surface area contributed by atoms with Crippen LogP contribution < -0.4 is 14.4 Å². The SMILES string of the molecule is C=CCOC(=O)c1sc(N2C(=O)C(=O)C(=C(O)c3cccc(OCCCC)c3)C2c2cccc(Oc3ccccc3)c2)nc1C.